The van der Waals surface area contributed by atoms with Gasteiger partial charge in [0.05, 0.1) is 21.5 Å². The lowest BCUT2D eigenvalue weighted by Gasteiger charge is -2.31. The highest BCUT2D eigenvalue weighted by Crippen LogP contribution is 2.37. The van der Waals surface area contributed by atoms with Crippen LogP contribution < -0.4 is 5.32 Å². The smallest absolute Gasteiger partial charge is 0.243 e. The standard InChI is InChI=1S/C28H33Cl2N3O2/c1-20(2)28(19-31,22-11-4-3-5-12-22)16-7-6-15-25(34)33-17-9-14-24(33)27(35)32-18-21-10-8-13-23(29)26(21)30/h3-5,8,10-13,20,24H,6-7,9,14-18H2,1-2H3,(H,32,35)/t24-,28+/m1/s1. The van der Waals surface area contributed by atoms with Crippen molar-refractivity contribution in [3.63, 3.8) is 0 Å². The number of nitrogens with zero attached hydrogens (tertiary/aromatic N) is 2. The van der Waals surface area contributed by atoms with Crippen LogP contribution in [0.2, 0.25) is 10.0 Å². The fraction of sp³-hybridized carbons (Fsp3) is 0.464. The maximum atomic E-state index is 13.0. The van der Waals surface area contributed by atoms with Gasteiger partial charge < -0.3 is 10.2 Å². The molecule has 2 atom stereocenters. The van der Waals surface area contributed by atoms with Gasteiger partial charge in [-0.15, -0.1) is 0 Å². The first-order valence-corrected chi connectivity index (χ1v) is 13.0. The number of rotatable bonds is 10. The Morgan fingerprint density at radius 3 is 2.57 bits per heavy atom. The van der Waals surface area contributed by atoms with E-state index in [9.17, 15) is 14.9 Å². The Morgan fingerprint density at radius 2 is 1.89 bits per heavy atom. The van der Waals surface area contributed by atoms with Crippen LogP contribution in [-0.4, -0.2) is 29.3 Å². The van der Waals surface area contributed by atoms with Gasteiger partial charge in [0.2, 0.25) is 11.8 Å². The van der Waals surface area contributed by atoms with E-state index < -0.39 is 11.5 Å². The largest absolute Gasteiger partial charge is 0.350 e. The van der Waals surface area contributed by atoms with Crippen molar-refractivity contribution in [2.45, 2.75) is 70.4 Å². The predicted molar refractivity (Wildman–Crippen MR) is 140 cm³/mol. The van der Waals surface area contributed by atoms with Crippen LogP contribution in [0.1, 0.15) is 63.5 Å². The number of carbonyl (C=O) groups excluding carboxylic acids is 2. The van der Waals surface area contributed by atoms with Gasteiger partial charge in [0.15, 0.2) is 0 Å². The van der Waals surface area contributed by atoms with Crippen LogP contribution in [0.3, 0.4) is 0 Å². The highest BCUT2D eigenvalue weighted by atomic mass is 35.5. The fourth-order valence-corrected chi connectivity index (χ4v) is 5.28. The lowest BCUT2D eigenvalue weighted by atomic mass is 9.69. The molecule has 0 saturated carbocycles. The molecule has 0 unspecified atom stereocenters. The van der Waals surface area contributed by atoms with Gasteiger partial charge in [0, 0.05) is 19.5 Å². The highest BCUT2D eigenvalue weighted by molar-refractivity contribution is 6.42. The third kappa shape index (κ3) is 6.37. The van der Waals surface area contributed by atoms with Gasteiger partial charge in [0.25, 0.3) is 0 Å². The monoisotopic (exact) mass is 513 g/mol. The average molecular weight is 514 g/mol. The van der Waals surface area contributed by atoms with Crippen molar-refractivity contribution in [3.8, 4) is 6.07 Å². The molecule has 1 aliphatic rings. The molecule has 1 fully saturated rings. The molecule has 3 rings (SSSR count). The van der Waals surface area contributed by atoms with Crippen molar-refractivity contribution in [3.05, 3.63) is 69.7 Å². The number of hydrogen-bond donors (Lipinski definition) is 1. The summed E-state index contributed by atoms with van der Waals surface area (Å²) in [6, 6.07) is 17.3. The van der Waals surface area contributed by atoms with Crippen molar-refractivity contribution in [2.24, 2.45) is 5.92 Å². The molecule has 0 spiro atoms. The minimum absolute atomic E-state index is 0.00439. The van der Waals surface area contributed by atoms with Gasteiger partial charge in [0.1, 0.15) is 6.04 Å². The Kier molecular flexibility index (Phi) is 9.60. The quantitative estimate of drug-likeness (QED) is 0.380. The molecule has 0 bridgehead atoms. The minimum atomic E-state index is -0.567. The Balaban J connectivity index is 1.53. The fourth-order valence-electron chi connectivity index (χ4n) is 4.90. The van der Waals surface area contributed by atoms with Crippen molar-refractivity contribution in [1.29, 1.82) is 5.26 Å². The van der Waals surface area contributed by atoms with Gasteiger partial charge in [-0.25, -0.2) is 0 Å². The lowest BCUT2D eigenvalue weighted by Crippen LogP contribution is -2.45. The molecule has 0 aliphatic carbocycles. The topological polar surface area (TPSA) is 73.2 Å². The number of hydrogen-bond acceptors (Lipinski definition) is 3. The molecule has 1 heterocycles. The van der Waals surface area contributed by atoms with Crippen molar-refractivity contribution in [1.82, 2.24) is 10.2 Å². The van der Waals surface area contributed by atoms with Gasteiger partial charge >= 0.3 is 0 Å². The number of nitrogens with one attached hydrogen (secondary N) is 1. The van der Waals surface area contributed by atoms with E-state index in [2.05, 4.69) is 25.2 Å². The van der Waals surface area contributed by atoms with Crippen LogP contribution in [0.5, 0.6) is 0 Å². The summed E-state index contributed by atoms with van der Waals surface area (Å²) in [5.41, 5.74) is 1.20. The van der Waals surface area contributed by atoms with E-state index in [4.69, 9.17) is 23.2 Å². The van der Waals surface area contributed by atoms with Crippen LogP contribution in [0, 0.1) is 17.2 Å². The molecule has 5 nitrogen and oxygen atoms in total. The highest BCUT2D eigenvalue weighted by Gasteiger charge is 2.36. The molecule has 186 valence electrons. The van der Waals surface area contributed by atoms with Crippen molar-refractivity contribution in [2.75, 3.05) is 6.54 Å². The van der Waals surface area contributed by atoms with Crippen molar-refractivity contribution < 1.29 is 9.59 Å². The number of likely N-dealkylation sites (tertiary alicyclic amines) is 1. The zero-order chi connectivity index (χ0) is 25.4. The molecular weight excluding hydrogens is 481 g/mol. The van der Waals surface area contributed by atoms with E-state index in [1.807, 2.05) is 36.4 Å². The molecule has 2 amide bonds. The Labute approximate surface area is 218 Å². The number of amides is 2. The van der Waals surface area contributed by atoms with Crippen LogP contribution in [0.25, 0.3) is 0 Å². The summed E-state index contributed by atoms with van der Waals surface area (Å²) in [7, 11) is 0. The molecule has 0 aromatic heterocycles. The molecule has 35 heavy (non-hydrogen) atoms. The van der Waals surface area contributed by atoms with Gasteiger partial charge in [-0.3, -0.25) is 9.59 Å². The first-order chi connectivity index (χ1) is 16.8. The lowest BCUT2D eigenvalue weighted by molar-refractivity contribution is -0.138. The molecule has 2 aromatic rings. The molecule has 2 aromatic carbocycles. The number of unbranched alkanes of at least 4 members (excludes halogenated alkanes) is 1. The van der Waals surface area contributed by atoms with Crippen LogP contribution in [-0.2, 0) is 21.5 Å². The first-order valence-electron chi connectivity index (χ1n) is 12.3. The number of nitriles is 1. The second-order valence-corrected chi connectivity index (χ2v) is 10.3. The van der Waals surface area contributed by atoms with E-state index in [1.165, 1.54) is 0 Å². The molecule has 1 aliphatic heterocycles. The Hall–Kier alpha value is -2.55. The summed E-state index contributed by atoms with van der Waals surface area (Å²) in [6.45, 7) is 5.01. The SMILES string of the molecule is CC(C)[C@@](C#N)(CCCCC(=O)N1CCC[C@@H]1C(=O)NCc1cccc(Cl)c1Cl)c1ccccc1. The Morgan fingerprint density at radius 1 is 1.14 bits per heavy atom. The number of carbonyl (C=O) groups is 2. The van der Waals surface area contributed by atoms with Crippen LogP contribution in [0.4, 0.5) is 0 Å². The summed E-state index contributed by atoms with van der Waals surface area (Å²) in [5, 5.41) is 13.8. The third-order valence-electron chi connectivity index (χ3n) is 7.05. The summed E-state index contributed by atoms with van der Waals surface area (Å²) in [4.78, 5) is 27.5. The summed E-state index contributed by atoms with van der Waals surface area (Å²) in [5.74, 6) is -0.0141. The van der Waals surface area contributed by atoms with Crippen LogP contribution in [0.15, 0.2) is 48.5 Å². The maximum absolute atomic E-state index is 13.0. The minimum Gasteiger partial charge on any atom is -0.350 e. The van der Waals surface area contributed by atoms with E-state index >= 15 is 0 Å². The number of benzene rings is 2. The summed E-state index contributed by atoms with van der Waals surface area (Å²) in [6.07, 6.45) is 3.98. The predicted octanol–water partition coefficient (Wildman–Crippen LogP) is 6.28. The van der Waals surface area contributed by atoms with Gasteiger partial charge in [-0.2, -0.15) is 5.26 Å². The number of halogens is 2. The normalized spacial score (nSPS) is 17.1. The first kappa shape index (κ1) is 27.0. The summed E-state index contributed by atoms with van der Waals surface area (Å²) < 4.78 is 0. The maximum Gasteiger partial charge on any atom is 0.243 e. The van der Waals surface area contributed by atoms with Crippen LogP contribution >= 0.6 is 23.2 Å². The van der Waals surface area contributed by atoms with E-state index in [-0.39, 0.29) is 24.3 Å². The third-order valence-corrected chi connectivity index (χ3v) is 7.90. The zero-order valence-corrected chi connectivity index (χ0v) is 21.9. The summed E-state index contributed by atoms with van der Waals surface area (Å²) >= 11 is 12.3. The van der Waals surface area contributed by atoms with E-state index in [0.717, 1.165) is 24.0 Å². The van der Waals surface area contributed by atoms with Gasteiger partial charge in [-0.1, -0.05) is 85.9 Å². The second-order valence-electron chi connectivity index (χ2n) is 9.49. The van der Waals surface area contributed by atoms with Crippen molar-refractivity contribution >= 4 is 35.0 Å². The molecule has 1 N–H and O–H groups in total. The van der Waals surface area contributed by atoms with E-state index in [1.54, 1.807) is 17.0 Å². The molecular formula is C28H33Cl2N3O2. The zero-order valence-electron chi connectivity index (χ0n) is 20.4. The Bertz CT molecular complexity index is 1070. The molecule has 7 heteroatoms. The molecule has 0 radical (unpaired) electrons. The van der Waals surface area contributed by atoms with E-state index in [0.29, 0.717) is 42.3 Å². The average Bonchev–Trinajstić information content (AvgIpc) is 3.35. The second kappa shape index (κ2) is 12.4. The van der Waals surface area contributed by atoms with Gasteiger partial charge in [-0.05, 0) is 48.8 Å². The molecule has 1 saturated heterocycles.